The molecule has 1 aromatic carbocycles. The maximum Gasteiger partial charge on any atom is 0.338 e. The van der Waals surface area contributed by atoms with Gasteiger partial charge in [0.05, 0.1) is 59.8 Å². The third-order valence-corrected chi connectivity index (χ3v) is 20.0. The van der Waals surface area contributed by atoms with Gasteiger partial charge in [0.2, 0.25) is 0 Å². The molecule has 3 saturated carbocycles. The number of rotatable bonds is 16. The van der Waals surface area contributed by atoms with Gasteiger partial charge in [0.25, 0.3) is 0 Å². The van der Waals surface area contributed by atoms with Gasteiger partial charge in [-0.25, -0.2) is 4.79 Å². The third kappa shape index (κ3) is 10.8. The number of carbonyl (C=O) groups is 2. The average molecular weight is 1120 g/mol. The maximum absolute atomic E-state index is 13.9. The lowest BCUT2D eigenvalue weighted by Gasteiger charge is -2.67. The van der Waals surface area contributed by atoms with Crippen molar-refractivity contribution in [2.45, 2.75) is 259 Å². The Morgan fingerprint density at radius 2 is 1.20 bits per heavy atom. The third-order valence-electron chi connectivity index (χ3n) is 20.0. The van der Waals surface area contributed by atoms with Crippen molar-refractivity contribution in [2.24, 2.45) is 16.7 Å². The quantitative estimate of drug-likeness (QED) is 0.115. The molecule has 8 aliphatic rings. The van der Waals surface area contributed by atoms with E-state index in [1.54, 1.807) is 72.4 Å². The van der Waals surface area contributed by atoms with Crippen molar-refractivity contribution in [1.29, 1.82) is 0 Å². The van der Waals surface area contributed by atoms with Crippen LogP contribution in [0.1, 0.15) is 130 Å². The molecule has 26 atom stereocenters. The second-order valence-electron chi connectivity index (χ2n) is 24.1. The highest BCUT2D eigenvalue weighted by Crippen LogP contribution is 2.71. The number of fused-ring (bicyclic) bond motifs is 5. The molecule has 0 unspecified atom stereocenters. The molecule has 7 fully saturated rings. The smallest absolute Gasteiger partial charge is 0.338 e. The monoisotopic (exact) mass is 1120 g/mol. The summed E-state index contributed by atoms with van der Waals surface area (Å²) in [6, 6.07) is 8.55. The van der Waals surface area contributed by atoms with Crippen LogP contribution in [0.4, 0.5) is 0 Å². The molecular formula is C58H88O21. The minimum absolute atomic E-state index is 0.00314. The summed E-state index contributed by atoms with van der Waals surface area (Å²) in [7, 11) is 6.24. The molecule has 21 heteroatoms. The van der Waals surface area contributed by atoms with Crippen LogP contribution in [-0.4, -0.2) is 206 Å². The second kappa shape index (κ2) is 23.7. The summed E-state index contributed by atoms with van der Waals surface area (Å²) >= 11 is 0. The number of esters is 2. The van der Waals surface area contributed by atoms with Crippen molar-refractivity contribution in [3.8, 4) is 0 Å². The van der Waals surface area contributed by atoms with E-state index in [4.69, 9.17) is 66.3 Å². The van der Waals surface area contributed by atoms with Crippen molar-refractivity contribution in [2.75, 3.05) is 28.4 Å². The highest BCUT2D eigenvalue weighted by Gasteiger charge is 2.81. The first kappa shape index (κ1) is 60.8. The van der Waals surface area contributed by atoms with Gasteiger partial charge in [0, 0.05) is 60.5 Å². The summed E-state index contributed by atoms with van der Waals surface area (Å²) in [4.78, 5) is 26.2. The van der Waals surface area contributed by atoms with Crippen LogP contribution >= 0.6 is 0 Å². The number of hydrogen-bond acceptors (Lipinski definition) is 21. The molecule has 4 aliphatic carbocycles. The van der Waals surface area contributed by atoms with E-state index in [2.05, 4.69) is 6.92 Å². The Bertz CT molecular complexity index is 2290. The van der Waals surface area contributed by atoms with Crippen LogP contribution < -0.4 is 0 Å². The minimum atomic E-state index is -1.95. The van der Waals surface area contributed by atoms with E-state index in [0.29, 0.717) is 44.1 Å². The molecule has 4 heterocycles. The van der Waals surface area contributed by atoms with Crippen LogP contribution in [0.5, 0.6) is 0 Å². The van der Waals surface area contributed by atoms with Crippen molar-refractivity contribution < 1.29 is 101 Å². The normalized spacial score (nSPS) is 48.4. The number of carbonyl (C=O) groups excluding carboxylic acids is 2. The highest BCUT2D eigenvalue weighted by molar-refractivity contribution is 5.89. The lowest BCUT2D eigenvalue weighted by atomic mass is 9.42. The van der Waals surface area contributed by atoms with E-state index in [1.165, 1.54) is 14.0 Å². The predicted molar refractivity (Wildman–Crippen MR) is 278 cm³/mol. The van der Waals surface area contributed by atoms with Crippen molar-refractivity contribution >= 4 is 11.9 Å². The Labute approximate surface area is 464 Å². The first-order valence-electron chi connectivity index (χ1n) is 28.4. The van der Waals surface area contributed by atoms with Gasteiger partial charge in [-0.1, -0.05) is 43.7 Å². The van der Waals surface area contributed by atoms with Crippen molar-refractivity contribution in [3.05, 3.63) is 47.5 Å². The first-order chi connectivity index (χ1) is 37.4. The van der Waals surface area contributed by atoms with Crippen LogP contribution in [-0.2, 0) is 71.1 Å². The number of aliphatic hydroxyl groups excluding tert-OH is 2. The topological polar surface area (TPSA) is 265 Å². The van der Waals surface area contributed by atoms with Crippen LogP contribution in [0.25, 0.3) is 0 Å². The van der Waals surface area contributed by atoms with Gasteiger partial charge in [-0.3, -0.25) is 4.79 Å². The van der Waals surface area contributed by atoms with Crippen molar-refractivity contribution in [1.82, 2.24) is 0 Å². The van der Waals surface area contributed by atoms with Gasteiger partial charge in [0.15, 0.2) is 25.2 Å². The van der Waals surface area contributed by atoms with Gasteiger partial charge in [-0.2, -0.15) is 0 Å². The Morgan fingerprint density at radius 3 is 1.73 bits per heavy atom. The molecule has 0 bridgehead atoms. The first-order valence-corrected chi connectivity index (χ1v) is 28.4. The Morgan fingerprint density at radius 1 is 0.658 bits per heavy atom. The molecule has 446 valence electrons. The zero-order valence-corrected chi connectivity index (χ0v) is 47.9. The molecular weight excluding hydrogens is 1030 g/mol. The number of benzene rings is 1. The average Bonchev–Trinajstić information content (AvgIpc) is 3.30. The summed E-state index contributed by atoms with van der Waals surface area (Å²) in [6.45, 7) is 13.9. The standard InChI is InChI=1S/C58H88O21/c1-29-46(60)51(69-12)47(61)53(73-29)79-50-32(4)72-45(27-40(50)68-11)78-49-31(3)71-44(26-39(49)67-10)77-48-30(2)70-43(25-38(48)66-9)75-37-19-20-54(7)36(24-37)18-21-57(64)41(54)28-42(76-52(62)35-16-14-13-15-17-35)55(8)56(63,22-23-58(55,57)65)33(5)74-34(6)59/h13-18,29-33,37-51,53,60-61,63-65H,19-28H2,1-12H3/t29-,30-,31-,32-,33+,37+,38+,39+,40+,41-,42-,43-,44-,45-,46+,47-,48+,49+,50+,51-,53-,54+,55-,56-,57+,58-/m1/s1. The number of aliphatic hydroxyl groups is 5. The van der Waals surface area contributed by atoms with Crippen LogP contribution in [0.3, 0.4) is 0 Å². The fraction of sp³-hybridized carbons (Fsp3) is 0.828. The van der Waals surface area contributed by atoms with Gasteiger partial charge >= 0.3 is 11.9 Å². The molecule has 4 saturated heterocycles. The lowest BCUT2D eigenvalue weighted by molar-refractivity contribution is -0.356. The molecule has 0 aromatic heterocycles. The van der Waals surface area contributed by atoms with Crippen LogP contribution in [0.2, 0.25) is 0 Å². The zero-order chi connectivity index (χ0) is 57.1. The molecule has 21 nitrogen and oxygen atoms in total. The molecule has 4 aliphatic heterocycles. The van der Waals surface area contributed by atoms with E-state index >= 15 is 0 Å². The van der Waals surface area contributed by atoms with Gasteiger partial charge in [-0.15, -0.1) is 0 Å². The predicted octanol–water partition coefficient (Wildman–Crippen LogP) is 4.17. The number of hydrogen-bond donors (Lipinski definition) is 5. The highest BCUT2D eigenvalue weighted by atomic mass is 16.8. The molecule has 1 aromatic rings. The van der Waals surface area contributed by atoms with E-state index in [0.717, 1.165) is 5.57 Å². The Kier molecular flexibility index (Phi) is 18.2. The molecule has 0 amide bonds. The van der Waals surface area contributed by atoms with E-state index in [1.807, 2.05) is 26.8 Å². The van der Waals surface area contributed by atoms with Gasteiger partial charge < -0.3 is 91.8 Å². The Balaban J connectivity index is 0.821. The molecule has 0 spiro atoms. The van der Waals surface area contributed by atoms with E-state index in [9.17, 15) is 35.1 Å². The van der Waals surface area contributed by atoms with E-state index < -0.39 is 162 Å². The summed E-state index contributed by atoms with van der Waals surface area (Å²) in [5.74, 6) is -1.81. The fourth-order valence-corrected chi connectivity index (χ4v) is 15.4. The second-order valence-corrected chi connectivity index (χ2v) is 24.1. The minimum Gasteiger partial charge on any atom is -0.460 e. The molecule has 5 N–H and O–H groups in total. The van der Waals surface area contributed by atoms with E-state index in [-0.39, 0.29) is 31.8 Å². The van der Waals surface area contributed by atoms with Crippen LogP contribution in [0, 0.1) is 16.7 Å². The Hall–Kier alpha value is -2.78. The summed E-state index contributed by atoms with van der Waals surface area (Å²) in [6.07, 6.45) is -9.00. The summed E-state index contributed by atoms with van der Waals surface area (Å²) in [5, 5.41) is 60.4. The van der Waals surface area contributed by atoms with Gasteiger partial charge in [-0.05, 0) is 97.1 Å². The lowest BCUT2D eigenvalue weighted by Crippen LogP contribution is -2.78. The summed E-state index contributed by atoms with van der Waals surface area (Å²) in [5.41, 5.74) is -6.47. The number of ether oxygens (including phenoxy) is 14. The van der Waals surface area contributed by atoms with Crippen molar-refractivity contribution in [3.63, 3.8) is 0 Å². The maximum atomic E-state index is 13.9. The molecule has 0 radical (unpaired) electrons. The molecule has 79 heavy (non-hydrogen) atoms. The number of methoxy groups -OCH3 is 4. The SMILES string of the molecule is CO[C@@H]1[C@@H](O)[C@@H](C)O[C@H](O[C@@H]2[C@@H](OC)C[C@@H](O[C@@H]3[C@@H](OC)C[C@@H](O[C@@H]4[C@@H](OC)C[C@@H](O[C@H]5CC[C@@]6(C)C(=CC[C@]7(O)[C@@H]6C[C@@H](OC(=O)c6ccccc6)[C@@]6(C)[C@]7(O)CC[C@@]6(O)[C@H](C)OC(C)=O)C5)O[C@@H]4C)O[C@@H]3C)O[C@@H]2C)[C@@H]1O. The van der Waals surface area contributed by atoms with Crippen LogP contribution in [0.15, 0.2) is 42.0 Å². The largest absolute Gasteiger partial charge is 0.460 e. The van der Waals surface area contributed by atoms with Gasteiger partial charge in [0.1, 0.15) is 65.6 Å². The molecule has 9 rings (SSSR count). The zero-order valence-electron chi connectivity index (χ0n) is 47.9. The fourth-order valence-electron chi connectivity index (χ4n) is 15.4. The summed E-state index contributed by atoms with van der Waals surface area (Å²) < 4.78 is 86.9.